The van der Waals surface area contributed by atoms with Crippen molar-refractivity contribution < 1.29 is 14.3 Å². The van der Waals surface area contributed by atoms with Gasteiger partial charge in [-0.05, 0) is 26.7 Å². The van der Waals surface area contributed by atoms with Crippen molar-refractivity contribution in [1.29, 1.82) is 0 Å². The summed E-state index contributed by atoms with van der Waals surface area (Å²) in [5, 5.41) is 2.79. The molecule has 1 heterocycles. The van der Waals surface area contributed by atoms with Gasteiger partial charge in [0.25, 0.3) is 0 Å². The maximum absolute atomic E-state index is 12.3. The zero-order valence-corrected chi connectivity index (χ0v) is 12.2. The quantitative estimate of drug-likeness (QED) is 0.629. The van der Waals surface area contributed by atoms with Gasteiger partial charge >= 0.3 is 5.97 Å². The zero-order chi connectivity index (χ0) is 13.9. The van der Waals surface area contributed by atoms with Gasteiger partial charge in [-0.1, -0.05) is 6.42 Å². The van der Waals surface area contributed by atoms with E-state index in [1.165, 1.54) is 11.3 Å². The summed E-state index contributed by atoms with van der Waals surface area (Å²) in [5.41, 5.74) is -0.0549. The summed E-state index contributed by atoms with van der Waals surface area (Å²) in [6.45, 7) is 4.00. The Balaban J connectivity index is 2.27. The fourth-order valence-corrected chi connectivity index (χ4v) is 3.46. The number of aryl methyl sites for hydroxylation is 1. The van der Waals surface area contributed by atoms with E-state index < -0.39 is 5.41 Å². The van der Waals surface area contributed by atoms with Crippen LogP contribution in [0.1, 0.15) is 43.3 Å². The molecule has 1 saturated carbocycles. The topological polar surface area (TPSA) is 56.3 Å². The van der Waals surface area contributed by atoms with Gasteiger partial charge in [0.2, 0.25) is 0 Å². The third kappa shape index (κ3) is 2.86. The summed E-state index contributed by atoms with van der Waals surface area (Å²) in [4.78, 5) is 29.0. The fourth-order valence-electron chi connectivity index (χ4n) is 2.58. The molecule has 0 aliphatic heterocycles. The molecule has 0 aromatic carbocycles. The second-order valence-corrected chi connectivity index (χ2v) is 5.93. The minimum atomic E-state index is -0.988. The van der Waals surface area contributed by atoms with Gasteiger partial charge in [0.05, 0.1) is 11.6 Å². The van der Waals surface area contributed by atoms with Gasteiger partial charge < -0.3 is 4.74 Å². The number of carbonyl (C=O) groups is 2. The highest BCUT2D eigenvalue weighted by Gasteiger charge is 2.48. The van der Waals surface area contributed by atoms with Crippen LogP contribution in [0.3, 0.4) is 0 Å². The third-order valence-electron chi connectivity index (χ3n) is 3.58. The third-order valence-corrected chi connectivity index (χ3v) is 4.54. The molecule has 0 radical (unpaired) electrons. The molecule has 1 atom stereocenters. The lowest BCUT2D eigenvalue weighted by Crippen LogP contribution is -2.44. The maximum Gasteiger partial charge on any atom is 0.320 e. The van der Waals surface area contributed by atoms with E-state index in [0.717, 1.165) is 23.5 Å². The van der Waals surface area contributed by atoms with Crippen molar-refractivity contribution in [3.8, 4) is 0 Å². The normalized spacial score (nSPS) is 23.4. The highest BCUT2D eigenvalue weighted by molar-refractivity contribution is 7.09. The first kappa shape index (κ1) is 14.2. The van der Waals surface area contributed by atoms with Crippen LogP contribution in [-0.2, 0) is 20.7 Å². The molecule has 0 bridgehead atoms. The lowest BCUT2D eigenvalue weighted by Gasteiger charge is -2.32. The number of ether oxygens (including phenoxy) is 1. The molecule has 1 aliphatic rings. The van der Waals surface area contributed by atoms with Crippen molar-refractivity contribution in [3.63, 3.8) is 0 Å². The van der Waals surface area contributed by atoms with Gasteiger partial charge in [-0.3, -0.25) is 9.59 Å². The van der Waals surface area contributed by atoms with E-state index in [4.69, 9.17) is 4.74 Å². The molecule has 0 spiro atoms. The SMILES string of the molecule is CCOC(=O)C1(Cc2nc(C)cs2)CCCCC1=O. The molecule has 1 unspecified atom stereocenters. The summed E-state index contributed by atoms with van der Waals surface area (Å²) in [7, 11) is 0. The van der Waals surface area contributed by atoms with Crippen molar-refractivity contribution in [2.75, 3.05) is 6.61 Å². The Morgan fingerprint density at radius 2 is 2.32 bits per heavy atom. The second kappa shape index (κ2) is 5.82. The van der Waals surface area contributed by atoms with E-state index in [-0.39, 0.29) is 11.8 Å². The minimum Gasteiger partial charge on any atom is -0.465 e. The molecule has 1 fully saturated rings. The number of thiazole rings is 1. The Bertz CT molecular complexity index is 483. The maximum atomic E-state index is 12.3. The van der Waals surface area contributed by atoms with Gasteiger partial charge in [0.15, 0.2) is 5.78 Å². The van der Waals surface area contributed by atoms with E-state index in [1.54, 1.807) is 6.92 Å². The van der Waals surface area contributed by atoms with Crippen LogP contribution in [0.15, 0.2) is 5.38 Å². The summed E-state index contributed by atoms with van der Waals surface area (Å²) in [5.74, 6) is -0.349. The van der Waals surface area contributed by atoms with Crippen LogP contribution in [0.2, 0.25) is 0 Å². The molecule has 0 N–H and O–H groups in total. The molecule has 1 aliphatic carbocycles. The second-order valence-electron chi connectivity index (χ2n) is 4.99. The van der Waals surface area contributed by atoms with Gasteiger partial charge in [0, 0.05) is 23.9 Å². The summed E-state index contributed by atoms with van der Waals surface area (Å²) < 4.78 is 5.15. The molecule has 4 nitrogen and oxygen atoms in total. The molecule has 2 rings (SSSR count). The Morgan fingerprint density at radius 1 is 1.53 bits per heavy atom. The van der Waals surface area contributed by atoms with Crippen LogP contribution in [-0.4, -0.2) is 23.3 Å². The van der Waals surface area contributed by atoms with E-state index in [0.29, 0.717) is 25.9 Å². The zero-order valence-electron chi connectivity index (χ0n) is 11.4. The molecule has 104 valence electrons. The number of Topliss-reactive ketones (excluding diaryl/α,β-unsaturated/α-hetero) is 1. The van der Waals surface area contributed by atoms with Gasteiger partial charge in [-0.15, -0.1) is 11.3 Å². The number of aromatic nitrogens is 1. The molecule has 0 amide bonds. The van der Waals surface area contributed by atoms with Crippen molar-refractivity contribution >= 4 is 23.1 Å². The molecule has 5 heteroatoms. The van der Waals surface area contributed by atoms with Crippen molar-refractivity contribution in [3.05, 3.63) is 16.1 Å². The number of esters is 1. The van der Waals surface area contributed by atoms with Gasteiger partial charge in [-0.25, -0.2) is 4.98 Å². The fraction of sp³-hybridized carbons (Fsp3) is 0.643. The Labute approximate surface area is 117 Å². The van der Waals surface area contributed by atoms with E-state index >= 15 is 0 Å². The van der Waals surface area contributed by atoms with Crippen molar-refractivity contribution in [2.45, 2.75) is 46.0 Å². The summed E-state index contributed by atoms with van der Waals surface area (Å²) >= 11 is 1.51. The predicted molar refractivity (Wildman–Crippen MR) is 73.1 cm³/mol. The first-order valence-corrected chi connectivity index (χ1v) is 7.58. The van der Waals surface area contributed by atoms with E-state index in [1.807, 2.05) is 12.3 Å². The van der Waals surface area contributed by atoms with E-state index in [2.05, 4.69) is 4.98 Å². The lowest BCUT2D eigenvalue weighted by molar-refractivity contribution is -0.162. The van der Waals surface area contributed by atoms with Crippen molar-refractivity contribution in [2.24, 2.45) is 5.41 Å². The summed E-state index contributed by atoms with van der Waals surface area (Å²) in [6.07, 6.45) is 3.22. The van der Waals surface area contributed by atoms with E-state index in [9.17, 15) is 9.59 Å². The molecule has 0 saturated heterocycles. The number of hydrogen-bond donors (Lipinski definition) is 0. The highest BCUT2D eigenvalue weighted by atomic mass is 32.1. The number of ketones is 1. The number of nitrogens with zero attached hydrogens (tertiary/aromatic N) is 1. The average molecular weight is 281 g/mol. The van der Waals surface area contributed by atoms with Gasteiger partial charge in [0.1, 0.15) is 5.41 Å². The Hall–Kier alpha value is -1.23. The van der Waals surface area contributed by atoms with Crippen LogP contribution < -0.4 is 0 Å². The molecule has 19 heavy (non-hydrogen) atoms. The number of hydrogen-bond acceptors (Lipinski definition) is 5. The van der Waals surface area contributed by atoms with Crippen LogP contribution in [0, 0.1) is 12.3 Å². The van der Waals surface area contributed by atoms with Crippen molar-refractivity contribution in [1.82, 2.24) is 4.98 Å². The smallest absolute Gasteiger partial charge is 0.320 e. The Morgan fingerprint density at radius 3 is 2.89 bits per heavy atom. The lowest BCUT2D eigenvalue weighted by atomic mass is 9.71. The molecule has 1 aromatic rings. The van der Waals surface area contributed by atoms with Crippen LogP contribution >= 0.6 is 11.3 Å². The number of carbonyl (C=O) groups excluding carboxylic acids is 2. The Kier molecular flexibility index (Phi) is 4.34. The van der Waals surface area contributed by atoms with Gasteiger partial charge in [-0.2, -0.15) is 0 Å². The predicted octanol–water partition coefficient (Wildman–Crippen LogP) is 2.69. The summed E-state index contributed by atoms with van der Waals surface area (Å²) in [6, 6.07) is 0. The first-order chi connectivity index (χ1) is 9.08. The standard InChI is InChI=1S/C14H19NO3S/c1-3-18-13(17)14(7-5-4-6-11(14)16)8-12-15-10(2)9-19-12/h9H,3-8H2,1-2H3. The van der Waals surface area contributed by atoms with Crippen LogP contribution in [0.5, 0.6) is 0 Å². The largest absolute Gasteiger partial charge is 0.465 e. The molecular weight excluding hydrogens is 262 g/mol. The van der Waals surface area contributed by atoms with Crippen LogP contribution in [0.25, 0.3) is 0 Å². The van der Waals surface area contributed by atoms with Crippen LogP contribution in [0.4, 0.5) is 0 Å². The number of rotatable bonds is 4. The minimum absolute atomic E-state index is 0.0186. The monoisotopic (exact) mass is 281 g/mol. The average Bonchev–Trinajstić information content (AvgIpc) is 2.78. The first-order valence-electron chi connectivity index (χ1n) is 6.70. The molecular formula is C14H19NO3S. The highest BCUT2D eigenvalue weighted by Crippen LogP contribution is 2.38. The molecule has 1 aromatic heterocycles.